The lowest BCUT2D eigenvalue weighted by Crippen LogP contribution is -2.36. The van der Waals surface area contributed by atoms with E-state index in [2.05, 4.69) is 39.8 Å². The molecule has 166 valence electrons. The lowest BCUT2D eigenvalue weighted by atomic mass is 9.60. The summed E-state index contributed by atoms with van der Waals surface area (Å²) < 4.78 is 0. The predicted octanol–water partition coefficient (Wildman–Crippen LogP) is 6.67. The summed E-state index contributed by atoms with van der Waals surface area (Å²) in [6, 6.07) is 0. The van der Waals surface area contributed by atoms with E-state index in [1.165, 1.54) is 56.9 Å². The molecule has 0 saturated heterocycles. The zero-order valence-corrected chi connectivity index (χ0v) is 19.7. The molecule has 2 unspecified atom stereocenters. The maximum absolute atomic E-state index is 10.2. The highest BCUT2D eigenvalue weighted by molar-refractivity contribution is 5.26. The molecule has 3 saturated carbocycles. The van der Waals surface area contributed by atoms with Crippen LogP contribution in [0.2, 0.25) is 0 Å². The summed E-state index contributed by atoms with van der Waals surface area (Å²) in [6.45, 7) is 11.7. The number of rotatable bonds is 6. The number of fused-ring (bicyclic) bond motifs is 1. The fourth-order valence-electron chi connectivity index (χ4n) is 6.87. The van der Waals surface area contributed by atoms with Gasteiger partial charge in [0.05, 0.1) is 12.2 Å². The molecule has 0 amide bonds. The van der Waals surface area contributed by atoms with E-state index in [9.17, 15) is 10.2 Å². The van der Waals surface area contributed by atoms with Crippen molar-refractivity contribution in [2.75, 3.05) is 0 Å². The Labute approximate surface area is 179 Å². The SMILES string of the molecule is CC(C)CCC[C@@H](C)C1CCC2/C(=C/C=C3C[C@@H](O)C(C)[C@H](O)C3)CCC[C@@]21C. The van der Waals surface area contributed by atoms with E-state index in [0.29, 0.717) is 5.41 Å². The molecule has 0 bridgehead atoms. The fourth-order valence-corrected chi connectivity index (χ4v) is 6.87. The van der Waals surface area contributed by atoms with Crippen LogP contribution in [0.5, 0.6) is 0 Å². The molecule has 0 aromatic carbocycles. The van der Waals surface area contributed by atoms with Gasteiger partial charge in [0.15, 0.2) is 0 Å². The van der Waals surface area contributed by atoms with Gasteiger partial charge in [0.2, 0.25) is 0 Å². The minimum absolute atomic E-state index is 0.00875. The molecule has 3 fully saturated rings. The van der Waals surface area contributed by atoms with E-state index >= 15 is 0 Å². The first-order valence-electron chi connectivity index (χ1n) is 12.5. The van der Waals surface area contributed by atoms with Crippen LogP contribution in [0.25, 0.3) is 0 Å². The molecule has 2 nitrogen and oxygen atoms in total. The Morgan fingerprint density at radius 3 is 2.38 bits per heavy atom. The van der Waals surface area contributed by atoms with E-state index in [1.807, 2.05) is 6.92 Å². The quantitative estimate of drug-likeness (QED) is 0.521. The zero-order valence-electron chi connectivity index (χ0n) is 19.7. The second-order valence-corrected chi connectivity index (χ2v) is 11.4. The highest BCUT2D eigenvalue weighted by Crippen LogP contribution is 2.59. The normalized spacial score (nSPS) is 40.3. The van der Waals surface area contributed by atoms with Crippen LogP contribution < -0.4 is 0 Å². The zero-order chi connectivity index (χ0) is 21.2. The Balaban J connectivity index is 1.68. The molecule has 0 aliphatic heterocycles. The Hall–Kier alpha value is -0.600. The fraction of sp³-hybridized carbons (Fsp3) is 0.852. The summed E-state index contributed by atoms with van der Waals surface area (Å²) in [7, 11) is 0. The van der Waals surface area contributed by atoms with Crippen LogP contribution in [0.3, 0.4) is 0 Å². The van der Waals surface area contributed by atoms with Gasteiger partial charge in [0.25, 0.3) is 0 Å². The van der Waals surface area contributed by atoms with Crippen molar-refractivity contribution in [3.05, 3.63) is 23.3 Å². The van der Waals surface area contributed by atoms with Crippen LogP contribution in [0.15, 0.2) is 23.3 Å². The molecule has 0 spiro atoms. The van der Waals surface area contributed by atoms with Crippen molar-refractivity contribution < 1.29 is 10.2 Å². The van der Waals surface area contributed by atoms with Crippen LogP contribution in [-0.2, 0) is 0 Å². The second kappa shape index (κ2) is 9.69. The van der Waals surface area contributed by atoms with Gasteiger partial charge in [0.1, 0.15) is 0 Å². The van der Waals surface area contributed by atoms with Crippen molar-refractivity contribution in [2.24, 2.45) is 35.0 Å². The lowest BCUT2D eigenvalue weighted by molar-refractivity contribution is 0.00407. The third-order valence-corrected chi connectivity index (χ3v) is 8.86. The van der Waals surface area contributed by atoms with Crippen LogP contribution in [0.4, 0.5) is 0 Å². The third kappa shape index (κ3) is 5.18. The molecular formula is C27H46O2. The van der Waals surface area contributed by atoms with Crippen molar-refractivity contribution in [3.8, 4) is 0 Å². The number of aliphatic hydroxyl groups is 2. The van der Waals surface area contributed by atoms with Gasteiger partial charge < -0.3 is 10.2 Å². The third-order valence-electron chi connectivity index (χ3n) is 8.86. The van der Waals surface area contributed by atoms with Gasteiger partial charge >= 0.3 is 0 Å². The summed E-state index contributed by atoms with van der Waals surface area (Å²) in [6.07, 6.45) is 16.1. The first-order valence-corrected chi connectivity index (χ1v) is 12.5. The number of aliphatic hydroxyl groups excluding tert-OH is 2. The molecule has 0 aromatic heterocycles. The molecule has 2 heteroatoms. The highest BCUT2D eigenvalue weighted by Gasteiger charge is 2.50. The average molecular weight is 403 g/mol. The Bertz CT molecular complexity index is 590. The maximum Gasteiger partial charge on any atom is 0.0627 e. The predicted molar refractivity (Wildman–Crippen MR) is 123 cm³/mol. The molecule has 29 heavy (non-hydrogen) atoms. The molecule has 2 N–H and O–H groups in total. The molecule has 0 aromatic rings. The molecule has 0 radical (unpaired) electrons. The van der Waals surface area contributed by atoms with Gasteiger partial charge in [-0.1, -0.05) is 77.2 Å². The second-order valence-electron chi connectivity index (χ2n) is 11.4. The topological polar surface area (TPSA) is 40.5 Å². The minimum atomic E-state index is -0.400. The molecule has 6 atom stereocenters. The van der Waals surface area contributed by atoms with Crippen molar-refractivity contribution in [2.45, 2.75) is 111 Å². The molecular weight excluding hydrogens is 356 g/mol. The Kier molecular flexibility index (Phi) is 7.71. The smallest absolute Gasteiger partial charge is 0.0627 e. The Morgan fingerprint density at radius 1 is 1.03 bits per heavy atom. The van der Waals surface area contributed by atoms with Gasteiger partial charge in [-0.15, -0.1) is 0 Å². The molecule has 3 aliphatic carbocycles. The summed E-state index contributed by atoms with van der Waals surface area (Å²) in [5, 5.41) is 20.5. The number of allylic oxidation sites excluding steroid dienone is 3. The van der Waals surface area contributed by atoms with Crippen LogP contribution in [0.1, 0.15) is 98.8 Å². The first-order chi connectivity index (χ1) is 13.7. The average Bonchev–Trinajstić information content (AvgIpc) is 3.01. The van der Waals surface area contributed by atoms with Crippen molar-refractivity contribution in [1.29, 1.82) is 0 Å². The molecule has 0 heterocycles. The van der Waals surface area contributed by atoms with E-state index in [-0.39, 0.29) is 5.92 Å². The standard InChI is InChI=1S/C27H46O2/c1-18(2)8-6-9-19(3)23-13-14-24-22(10-7-15-27(23,24)5)12-11-21-16-25(28)20(4)26(29)17-21/h11-12,18-20,23-26,28-29H,6-10,13-17H2,1-5H3/b21-11?,22-12+/t19-,20?,23?,24?,25-,26-,27-/m1/s1. The van der Waals surface area contributed by atoms with Crippen LogP contribution in [-0.4, -0.2) is 22.4 Å². The van der Waals surface area contributed by atoms with Crippen molar-refractivity contribution in [3.63, 3.8) is 0 Å². The van der Waals surface area contributed by atoms with Crippen molar-refractivity contribution >= 4 is 0 Å². The van der Waals surface area contributed by atoms with Gasteiger partial charge in [-0.3, -0.25) is 0 Å². The van der Waals surface area contributed by atoms with E-state index < -0.39 is 12.2 Å². The summed E-state index contributed by atoms with van der Waals surface area (Å²) >= 11 is 0. The van der Waals surface area contributed by atoms with Crippen molar-refractivity contribution in [1.82, 2.24) is 0 Å². The number of hydrogen-bond donors (Lipinski definition) is 2. The van der Waals surface area contributed by atoms with Crippen LogP contribution in [0, 0.1) is 35.0 Å². The van der Waals surface area contributed by atoms with Crippen LogP contribution >= 0.6 is 0 Å². The van der Waals surface area contributed by atoms with E-state index in [4.69, 9.17) is 0 Å². The van der Waals surface area contributed by atoms with Gasteiger partial charge in [0, 0.05) is 5.92 Å². The van der Waals surface area contributed by atoms with E-state index in [0.717, 1.165) is 36.5 Å². The molecule has 3 aliphatic rings. The first kappa shape index (κ1) is 23.1. The monoisotopic (exact) mass is 402 g/mol. The number of hydrogen-bond acceptors (Lipinski definition) is 2. The summed E-state index contributed by atoms with van der Waals surface area (Å²) in [5.74, 6) is 3.27. The Morgan fingerprint density at radius 2 is 1.72 bits per heavy atom. The van der Waals surface area contributed by atoms with Gasteiger partial charge in [-0.05, 0) is 74.0 Å². The summed E-state index contributed by atoms with van der Waals surface area (Å²) in [4.78, 5) is 0. The highest BCUT2D eigenvalue weighted by atomic mass is 16.3. The molecule has 3 rings (SSSR count). The lowest BCUT2D eigenvalue weighted by Gasteiger charge is -2.44. The minimum Gasteiger partial charge on any atom is -0.392 e. The summed E-state index contributed by atoms with van der Waals surface area (Å²) in [5.41, 5.74) is 3.34. The largest absolute Gasteiger partial charge is 0.392 e. The van der Waals surface area contributed by atoms with Gasteiger partial charge in [-0.25, -0.2) is 0 Å². The maximum atomic E-state index is 10.2. The van der Waals surface area contributed by atoms with Gasteiger partial charge in [-0.2, -0.15) is 0 Å². The van der Waals surface area contributed by atoms with E-state index in [1.54, 1.807) is 5.57 Å².